The van der Waals surface area contributed by atoms with Crippen LogP contribution < -0.4 is 23.8 Å². The molecule has 1 saturated heterocycles. The summed E-state index contributed by atoms with van der Waals surface area (Å²) in [5, 5.41) is 12.0. The maximum absolute atomic E-state index is 13.5. The molecule has 1 unspecified atom stereocenters. The second-order valence-electron chi connectivity index (χ2n) is 8.23. The largest absolute Gasteiger partial charge is 0.507 e. The van der Waals surface area contributed by atoms with Crippen LogP contribution >= 0.6 is 11.6 Å². The van der Waals surface area contributed by atoms with E-state index in [1.807, 2.05) is 0 Å². The van der Waals surface area contributed by atoms with E-state index in [1.165, 1.54) is 39.4 Å². The van der Waals surface area contributed by atoms with Crippen LogP contribution in [0.2, 0.25) is 5.02 Å². The minimum atomic E-state index is -1.01. The van der Waals surface area contributed by atoms with Gasteiger partial charge in [0.1, 0.15) is 17.3 Å². The van der Waals surface area contributed by atoms with Crippen LogP contribution in [0.5, 0.6) is 23.0 Å². The van der Waals surface area contributed by atoms with E-state index >= 15 is 0 Å². The summed E-state index contributed by atoms with van der Waals surface area (Å²) in [5.74, 6) is -0.477. The fourth-order valence-electron chi connectivity index (χ4n) is 4.42. The van der Waals surface area contributed by atoms with Gasteiger partial charge in [0.05, 0.1) is 45.6 Å². The number of ether oxygens (including phenoxy) is 4. The van der Waals surface area contributed by atoms with Crippen LogP contribution in [0, 0.1) is 6.92 Å². The summed E-state index contributed by atoms with van der Waals surface area (Å²) in [6.45, 7) is 1.76. The number of amides is 1. The molecule has 1 N–H and O–H groups in total. The number of aliphatic hydroxyl groups excluding tert-OH is 1. The van der Waals surface area contributed by atoms with E-state index < -0.39 is 23.5 Å². The third kappa shape index (κ3) is 4.44. The van der Waals surface area contributed by atoms with Crippen LogP contribution in [0.4, 0.5) is 5.69 Å². The number of hydrogen-bond donors (Lipinski definition) is 1. The number of Topliss-reactive ketones (excluding diaryl/α,β-unsaturated/α-hetero) is 1. The zero-order valence-corrected chi connectivity index (χ0v) is 21.8. The lowest BCUT2D eigenvalue weighted by Gasteiger charge is -2.27. The Bertz CT molecular complexity index is 1420. The van der Waals surface area contributed by atoms with Gasteiger partial charge in [0, 0.05) is 10.7 Å². The molecule has 3 aromatic rings. The Morgan fingerprint density at radius 1 is 0.865 bits per heavy atom. The molecule has 1 atom stereocenters. The molecule has 0 aliphatic carbocycles. The molecular formula is C28H26ClNO7. The fourth-order valence-corrected chi connectivity index (χ4v) is 4.59. The molecular weight excluding hydrogens is 498 g/mol. The highest BCUT2D eigenvalue weighted by molar-refractivity contribution is 6.52. The van der Waals surface area contributed by atoms with Gasteiger partial charge in [-0.05, 0) is 60.5 Å². The minimum Gasteiger partial charge on any atom is -0.507 e. The molecule has 0 spiro atoms. The molecule has 0 radical (unpaired) electrons. The van der Waals surface area contributed by atoms with Crippen molar-refractivity contribution in [3.63, 3.8) is 0 Å². The standard InChI is InChI=1S/C28H26ClNO7/c1-15-19(29)7-6-8-20(15)30-25(16-9-11-22(36-4)23(13-16)37-5)24(27(32)28(30)33)26(31)18-14-17(34-2)10-12-21(18)35-3/h6-14,25,31H,1-5H3/b26-24+. The number of anilines is 1. The Hall–Kier alpha value is -4.17. The van der Waals surface area contributed by atoms with Crippen molar-refractivity contribution >= 4 is 34.7 Å². The molecule has 37 heavy (non-hydrogen) atoms. The lowest BCUT2D eigenvalue weighted by atomic mass is 9.94. The van der Waals surface area contributed by atoms with Crippen LogP contribution in [0.25, 0.3) is 5.76 Å². The number of methoxy groups -OCH3 is 4. The average molecular weight is 524 g/mol. The molecule has 1 fully saturated rings. The number of carbonyl (C=O) groups is 2. The molecule has 9 heteroatoms. The molecule has 3 aromatic carbocycles. The topological polar surface area (TPSA) is 94.5 Å². The number of benzene rings is 3. The van der Waals surface area contributed by atoms with E-state index in [4.69, 9.17) is 30.5 Å². The van der Waals surface area contributed by atoms with Gasteiger partial charge in [0.25, 0.3) is 11.7 Å². The van der Waals surface area contributed by atoms with E-state index in [0.717, 1.165) is 0 Å². The average Bonchev–Trinajstić information content (AvgIpc) is 3.18. The van der Waals surface area contributed by atoms with Crippen LogP contribution in [0.1, 0.15) is 22.7 Å². The summed E-state index contributed by atoms with van der Waals surface area (Å²) in [7, 11) is 5.92. The summed E-state index contributed by atoms with van der Waals surface area (Å²) >= 11 is 6.37. The number of hydrogen-bond acceptors (Lipinski definition) is 7. The Kier molecular flexibility index (Phi) is 7.31. The van der Waals surface area contributed by atoms with Crippen molar-refractivity contribution in [1.29, 1.82) is 0 Å². The number of halogens is 1. The Morgan fingerprint density at radius 3 is 2.19 bits per heavy atom. The molecule has 0 bridgehead atoms. The lowest BCUT2D eigenvalue weighted by Crippen LogP contribution is -2.30. The van der Waals surface area contributed by atoms with Crippen LogP contribution in [0.15, 0.2) is 60.2 Å². The fraction of sp³-hybridized carbons (Fsp3) is 0.214. The molecule has 1 aliphatic rings. The SMILES string of the molecule is COc1ccc(OC)c(/C(O)=C2\C(=O)C(=O)N(c3cccc(Cl)c3C)C2c2ccc(OC)c(OC)c2)c1. The van der Waals surface area contributed by atoms with Gasteiger partial charge in [0.2, 0.25) is 0 Å². The molecule has 192 valence electrons. The number of carbonyl (C=O) groups excluding carboxylic acids is 2. The second kappa shape index (κ2) is 10.4. The summed E-state index contributed by atoms with van der Waals surface area (Å²) in [5.41, 5.74) is 1.64. The minimum absolute atomic E-state index is 0.122. The van der Waals surface area contributed by atoms with Crippen molar-refractivity contribution in [1.82, 2.24) is 0 Å². The smallest absolute Gasteiger partial charge is 0.300 e. The predicted molar refractivity (Wildman–Crippen MR) is 140 cm³/mol. The summed E-state index contributed by atoms with van der Waals surface area (Å²) in [4.78, 5) is 28.4. The van der Waals surface area contributed by atoms with Crippen LogP contribution in [-0.2, 0) is 9.59 Å². The number of aliphatic hydroxyl groups is 1. The van der Waals surface area contributed by atoms with Gasteiger partial charge in [-0.2, -0.15) is 0 Å². The van der Waals surface area contributed by atoms with Crippen LogP contribution in [-0.4, -0.2) is 45.2 Å². The Balaban J connectivity index is 2.04. The quantitative estimate of drug-likeness (QED) is 0.255. The van der Waals surface area contributed by atoms with E-state index in [1.54, 1.807) is 55.5 Å². The molecule has 0 aromatic heterocycles. The first-order valence-corrected chi connectivity index (χ1v) is 11.7. The third-order valence-electron chi connectivity index (χ3n) is 6.33. The van der Waals surface area contributed by atoms with Gasteiger partial charge in [-0.15, -0.1) is 0 Å². The maximum Gasteiger partial charge on any atom is 0.300 e. The second-order valence-corrected chi connectivity index (χ2v) is 8.64. The van der Waals surface area contributed by atoms with Crippen molar-refractivity contribution in [2.75, 3.05) is 33.3 Å². The van der Waals surface area contributed by atoms with Crippen molar-refractivity contribution in [2.45, 2.75) is 13.0 Å². The molecule has 4 rings (SSSR count). The van der Waals surface area contributed by atoms with Gasteiger partial charge >= 0.3 is 0 Å². The monoisotopic (exact) mass is 523 g/mol. The predicted octanol–water partition coefficient (Wildman–Crippen LogP) is 5.31. The van der Waals surface area contributed by atoms with Crippen LogP contribution in [0.3, 0.4) is 0 Å². The van der Waals surface area contributed by atoms with Gasteiger partial charge < -0.3 is 24.1 Å². The normalized spacial score (nSPS) is 16.6. The highest BCUT2D eigenvalue weighted by Gasteiger charge is 2.48. The summed E-state index contributed by atoms with van der Waals surface area (Å²) in [6, 6.07) is 13.9. The van der Waals surface area contributed by atoms with E-state index in [-0.39, 0.29) is 11.1 Å². The van der Waals surface area contributed by atoms with Crippen molar-refractivity contribution in [3.8, 4) is 23.0 Å². The van der Waals surface area contributed by atoms with Crippen molar-refractivity contribution in [3.05, 3.63) is 81.9 Å². The first-order valence-electron chi connectivity index (χ1n) is 11.3. The molecule has 8 nitrogen and oxygen atoms in total. The number of ketones is 1. The van der Waals surface area contributed by atoms with Gasteiger partial charge in [-0.3, -0.25) is 14.5 Å². The number of nitrogens with zero attached hydrogens (tertiary/aromatic N) is 1. The summed E-state index contributed by atoms with van der Waals surface area (Å²) in [6.07, 6.45) is 0. The zero-order chi connectivity index (χ0) is 26.9. The van der Waals surface area contributed by atoms with E-state index in [0.29, 0.717) is 44.8 Å². The third-order valence-corrected chi connectivity index (χ3v) is 6.74. The Labute approximate surface area is 219 Å². The van der Waals surface area contributed by atoms with Crippen molar-refractivity contribution in [2.24, 2.45) is 0 Å². The zero-order valence-electron chi connectivity index (χ0n) is 21.0. The molecule has 1 amide bonds. The summed E-state index contributed by atoms with van der Waals surface area (Å²) < 4.78 is 21.6. The Morgan fingerprint density at radius 2 is 1.54 bits per heavy atom. The highest BCUT2D eigenvalue weighted by atomic mass is 35.5. The van der Waals surface area contributed by atoms with Gasteiger partial charge in [0.15, 0.2) is 11.5 Å². The van der Waals surface area contributed by atoms with Crippen molar-refractivity contribution < 1.29 is 33.6 Å². The number of rotatable bonds is 7. The van der Waals surface area contributed by atoms with E-state index in [9.17, 15) is 14.7 Å². The highest BCUT2D eigenvalue weighted by Crippen LogP contribution is 2.46. The van der Waals surface area contributed by atoms with E-state index in [2.05, 4.69) is 0 Å². The maximum atomic E-state index is 13.5. The first kappa shape index (κ1) is 25.9. The van der Waals surface area contributed by atoms with Gasteiger partial charge in [-0.1, -0.05) is 23.7 Å². The first-order chi connectivity index (χ1) is 17.8. The molecule has 1 heterocycles. The van der Waals surface area contributed by atoms with Gasteiger partial charge in [-0.25, -0.2) is 0 Å². The molecule has 0 saturated carbocycles. The lowest BCUT2D eigenvalue weighted by molar-refractivity contribution is -0.132. The molecule has 1 aliphatic heterocycles.